The third-order valence-corrected chi connectivity index (χ3v) is 3.16. The topological polar surface area (TPSA) is 82.7 Å². The molecule has 2 rings (SSSR count). The number of rotatable bonds is 3. The molecular formula is C12H19ClN4O2. The predicted molar refractivity (Wildman–Crippen MR) is 75.3 cm³/mol. The number of pyridine rings is 1. The molecule has 1 saturated heterocycles. The average molecular weight is 287 g/mol. The van der Waals surface area contributed by atoms with Gasteiger partial charge in [-0.15, -0.1) is 12.4 Å². The van der Waals surface area contributed by atoms with Gasteiger partial charge < -0.3 is 15.7 Å². The predicted octanol–water partition coefficient (Wildman–Crippen LogP) is -0.164. The molecule has 1 aromatic rings. The van der Waals surface area contributed by atoms with Gasteiger partial charge in [0.2, 0.25) is 0 Å². The normalized spacial score (nSPS) is 15.9. The number of piperazine rings is 1. The molecule has 1 amide bonds. The Hall–Kier alpha value is -1.37. The van der Waals surface area contributed by atoms with Gasteiger partial charge >= 0.3 is 0 Å². The second kappa shape index (κ2) is 7.28. The lowest BCUT2D eigenvalue weighted by atomic mass is 10.2. The first-order chi connectivity index (χ1) is 8.72. The van der Waals surface area contributed by atoms with Crippen LogP contribution in [0.5, 0.6) is 0 Å². The van der Waals surface area contributed by atoms with Gasteiger partial charge in [0.15, 0.2) is 0 Å². The lowest BCUT2D eigenvalue weighted by molar-refractivity contribution is 0.0615. The molecule has 1 aliphatic rings. The van der Waals surface area contributed by atoms with Crippen LogP contribution in [0.4, 0.5) is 5.69 Å². The van der Waals surface area contributed by atoms with Crippen LogP contribution in [0.3, 0.4) is 0 Å². The van der Waals surface area contributed by atoms with Crippen molar-refractivity contribution in [1.82, 2.24) is 14.8 Å². The van der Waals surface area contributed by atoms with Crippen LogP contribution in [0.15, 0.2) is 18.5 Å². The Kier molecular flexibility index (Phi) is 6.01. The number of aliphatic hydroxyl groups excluding tert-OH is 1. The minimum atomic E-state index is -0.0655. The molecule has 2 heterocycles. The summed E-state index contributed by atoms with van der Waals surface area (Å²) in [5.74, 6) is -0.0655. The number of aliphatic hydroxyl groups is 1. The standard InChI is InChI=1S/C12H18N4O2.ClH/c13-11-1-2-14-9-10(11)12(18)16-5-3-15(4-6-16)7-8-17;/h1-2,9,17H,3-8H2,(H2,13,14);1H. The number of aromatic nitrogens is 1. The number of carbonyl (C=O) groups is 1. The molecule has 7 heteroatoms. The summed E-state index contributed by atoms with van der Waals surface area (Å²) in [5, 5.41) is 8.86. The molecule has 1 fully saturated rings. The van der Waals surface area contributed by atoms with E-state index < -0.39 is 0 Å². The van der Waals surface area contributed by atoms with Gasteiger partial charge in [0, 0.05) is 50.8 Å². The fourth-order valence-corrected chi connectivity index (χ4v) is 2.07. The molecular weight excluding hydrogens is 268 g/mol. The molecule has 0 radical (unpaired) electrons. The van der Waals surface area contributed by atoms with Crippen molar-refractivity contribution < 1.29 is 9.90 Å². The van der Waals surface area contributed by atoms with Crippen LogP contribution >= 0.6 is 12.4 Å². The van der Waals surface area contributed by atoms with Crippen molar-refractivity contribution in [3.63, 3.8) is 0 Å². The van der Waals surface area contributed by atoms with Gasteiger partial charge in [-0.2, -0.15) is 0 Å². The van der Waals surface area contributed by atoms with E-state index in [-0.39, 0.29) is 24.9 Å². The van der Waals surface area contributed by atoms with E-state index in [2.05, 4.69) is 9.88 Å². The molecule has 0 unspecified atom stereocenters. The number of halogens is 1. The van der Waals surface area contributed by atoms with E-state index in [1.165, 1.54) is 6.20 Å². The zero-order valence-corrected chi connectivity index (χ0v) is 11.5. The first-order valence-electron chi connectivity index (χ1n) is 6.04. The summed E-state index contributed by atoms with van der Waals surface area (Å²) in [6, 6.07) is 1.63. The van der Waals surface area contributed by atoms with Crippen molar-refractivity contribution >= 4 is 24.0 Å². The Morgan fingerprint density at radius 2 is 2.05 bits per heavy atom. The first-order valence-corrected chi connectivity index (χ1v) is 6.04. The van der Waals surface area contributed by atoms with Crippen LogP contribution in [-0.4, -0.2) is 65.1 Å². The Morgan fingerprint density at radius 3 is 2.63 bits per heavy atom. The number of anilines is 1. The second-order valence-electron chi connectivity index (χ2n) is 4.32. The van der Waals surface area contributed by atoms with Crippen LogP contribution in [0.25, 0.3) is 0 Å². The molecule has 106 valence electrons. The lowest BCUT2D eigenvalue weighted by Gasteiger charge is -2.34. The Bertz CT molecular complexity index is 422. The van der Waals surface area contributed by atoms with Crippen molar-refractivity contribution in [1.29, 1.82) is 0 Å². The average Bonchev–Trinajstić information content (AvgIpc) is 2.40. The maximum absolute atomic E-state index is 12.2. The smallest absolute Gasteiger partial charge is 0.257 e. The maximum atomic E-state index is 12.2. The number of amides is 1. The van der Waals surface area contributed by atoms with E-state index in [1.807, 2.05) is 0 Å². The molecule has 0 atom stereocenters. The monoisotopic (exact) mass is 286 g/mol. The zero-order valence-electron chi connectivity index (χ0n) is 10.7. The molecule has 0 saturated carbocycles. The molecule has 1 aliphatic heterocycles. The highest BCUT2D eigenvalue weighted by molar-refractivity contribution is 5.98. The number of nitrogens with zero attached hydrogens (tertiary/aromatic N) is 3. The summed E-state index contributed by atoms with van der Waals surface area (Å²) in [6.07, 6.45) is 3.09. The van der Waals surface area contributed by atoms with Gasteiger partial charge in [-0.3, -0.25) is 14.7 Å². The molecule has 0 aliphatic carbocycles. The molecule has 0 spiro atoms. The molecule has 19 heavy (non-hydrogen) atoms. The second-order valence-corrected chi connectivity index (χ2v) is 4.32. The summed E-state index contributed by atoms with van der Waals surface area (Å²) >= 11 is 0. The van der Waals surface area contributed by atoms with Crippen LogP contribution in [0, 0.1) is 0 Å². The van der Waals surface area contributed by atoms with E-state index in [9.17, 15) is 4.79 Å². The summed E-state index contributed by atoms with van der Waals surface area (Å²) in [5.41, 5.74) is 6.70. The highest BCUT2D eigenvalue weighted by atomic mass is 35.5. The van der Waals surface area contributed by atoms with Gasteiger partial charge in [0.05, 0.1) is 12.2 Å². The summed E-state index contributed by atoms with van der Waals surface area (Å²) < 4.78 is 0. The van der Waals surface area contributed by atoms with Crippen molar-refractivity contribution in [3.05, 3.63) is 24.0 Å². The molecule has 3 N–H and O–H groups in total. The van der Waals surface area contributed by atoms with Gasteiger partial charge in [-0.1, -0.05) is 0 Å². The van der Waals surface area contributed by atoms with Crippen LogP contribution in [0.2, 0.25) is 0 Å². The Labute approximate surface area is 118 Å². The molecule has 0 aromatic carbocycles. The third kappa shape index (κ3) is 3.79. The van der Waals surface area contributed by atoms with Gasteiger partial charge in [-0.25, -0.2) is 0 Å². The number of β-amino-alcohol motifs (C(OH)–C–C–N with tert-alkyl or cyclic N) is 1. The lowest BCUT2D eigenvalue weighted by Crippen LogP contribution is -2.49. The third-order valence-electron chi connectivity index (χ3n) is 3.16. The fourth-order valence-electron chi connectivity index (χ4n) is 2.07. The van der Waals surface area contributed by atoms with Crippen molar-refractivity contribution in [2.45, 2.75) is 0 Å². The largest absolute Gasteiger partial charge is 0.398 e. The van der Waals surface area contributed by atoms with E-state index in [1.54, 1.807) is 17.2 Å². The maximum Gasteiger partial charge on any atom is 0.257 e. The van der Waals surface area contributed by atoms with Crippen molar-refractivity contribution in [3.8, 4) is 0 Å². The minimum Gasteiger partial charge on any atom is -0.398 e. The minimum absolute atomic E-state index is 0. The van der Waals surface area contributed by atoms with E-state index in [4.69, 9.17) is 10.8 Å². The number of carbonyl (C=O) groups excluding carboxylic acids is 1. The quantitative estimate of drug-likeness (QED) is 0.806. The summed E-state index contributed by atoms with van der Waals surface area (Å²) in [7, 11) is 0. The summed E-state index contributed by atoms with van der Waals surface area (Å²) in [4.78, 5) is 20.1. The van der Waals surface area contributed by atoms with Crippen molar-refractivity contribution in [2.75, 3.05) is 45.1 Å². The number of hydrogen-bond donors (Lipinski definition) is 2. The molecule has 0 bridgehead atoms. The van der Waals surface area contributed by atoms with Gasteiger partial charge in [0.1, 0.15) is 0 Å². The van der Waals surface area contributed by atoms with Gasteiger partial charge in [0.25, 0.3) is 5.91 Å². The Balaban J connectivity index is 0.00000180. The first kappa shape index (κ1) is 15.7. The SMILES string of the molecule is Cl.Nc1ccncc1C(=O)N1CCN(CCO)CC1. The molecule has 1 aromatic heterocycles. The Morgan fingerprint density at radius 1 is 1.37 bits per heavy atom. The highest BCUT2D eigenvalue weighted by Crippen LogP contribution is 2.13. The van der Waals surface area contributed by atoms with E-state index in [0.717, 1.165) is 13.1 Å². The highest BCUT2D eigenvalue weighted by Gasteiger charge is 2.23. The number of nitrogens with two attached hydrogens (primary N) is 1. The van der Waals surface area contributed by atoms with E-state index >= 15 is 0 Å². The summed E-state index contributed by atoms with van der Waals surface area (Å²) in [6.45, 7) is 3.71. The zero-order chi connectivity index (χ0) is 13.0. The number of nitrogen functional groups attached to an aromatic ring is 1. The number of hydrogen-bond acceptors (Lipinski definition) is 5. The van der Waals surface area contributed by atoms with E-state index in [0.29, 0.717) is 30.9 Å². The fraction of sp³-hybridized carbons (Fsp3) is 0.500. The van der Waals surface area contributed by atoms with Gasteiger partial charge in [-0.05, 0) is 6.07 Å². The van der Waals surface area contributed by atoms with Crippen molar-refractivity contribution in [2.24, 2.45) is 0 Å². The molecule has 6 nitrogen and oxygen atoms in total. The van der Waals surface area contributed by atoms with Crippen LogP contribution in [-0.2, 0) is 0 Å². The van der Waals surface area contributed by atoms with Crippen LogP contribution < -0.4 is 5.73 Å². The van der Waals surface area contributed by atoms with Crippen LogP contribution in [0.1, 0.15) is 10.4 Å².